The molecule has 1 saturated heterocycles. The number of fused-ring (bicyclic) bond motifs is 1. The van der Waals surface area contributed by atoms with Crippen LogP contribution in [0.1, 0.15) is 44.5 Å². The summed E-state index contributed by atoms with van der Waals surface area (Å²) in [5, 5.41) is 6.91. The molecule has 248 valence electrons. The SMILES string of the molecule is CCc1c(N2CCN(C(=O)OC(C)(C)C)CC2)c(=O)n2nc(Br)nc2n1CC(=O)Nc1ccc(C(F)(F)F)cc1C#C[Si](C)(C)C. The number of aromatic nitrogens is 4. The number of hydrogen-bond acceptors (Lipinski definition) is 7. The van der Waals surface area contributed by atoms with Gasteiger partial charge in [0.1, 0.15) is 25.9 Å². The lowest BCUT2D eigenvalue weighted by molar-refractivity contribution is -0.137. The lowest BCUT2D eigenvalue weighted by Crippen LogP contribution is -2.51. The molecule has 0 saturated carbocycles. The molecule has 1 N–H and O–H groups in total. The van der Waals surface area contributed by atoms with Gasteiger partial charge < -0.3 is 24.4 Å². The molecular formula is C30H37BrF3N7O4Si. The van der Waals surface area contributed by atoms with Crippen molar-refractivity contribution in [2.75, 3.05) is 36.4 Å². The molecule has 0 bridgehead atoms. The first-order valence-electron chi connectivity index (χ1n) is 14.7. The smallest absolute Gasteiger partial charge is 0.416 e. The Labute approximate surface area is 274 Å². The summed E-state index contributed by atoms with van der Waals surface area (Å²) in [4.78, 5) is 47.6. The maximum Gasteiger partial charge on any atom is 0.416 e. The molecule has 46 heavy (non-hydrogen) atoms. The van der Waals surface area contributed by atoms with E-state index in [0.29, 0.717) is 44.0 Å². The van der Waals surface area contributed by atoms with Gasteiger partial charge in [0.05, 0.1) is 16.9 Å². The van der Waals surface area contributed by atoms with Crippen LogP contribution in [0.2, 0.25) is 19.6 Å². The minimum absolute atomic E-state index is 0.0557. The molecule has 1 aliphatic rings. The Morgan fingerprint density at radius 2 is 1.76 bits per heavy atom. The fraction of sp³-hybridized carbons (Fsp3) is 0.500. The van der Waals surface area contributed by atoms with E-state index in [-0.39, 0.29) is 28.3 Å². The van der Waals surface area contributed by atoms with Crippen LogP contribution >= 0.6 is 15.9 Å². The quantitative estimate of drug-likeness (QED) is 0.286. The number of amides is 2. The number of hydrogen-bond donors (Lipinski definition) is 1. The lowest BCUT2D eigenvalue weighted by atomic mass is 10.1. The first-order valence-corrected chi connectivity index (χ1v) is 19.0. The second kappa shape index (κ2) is 13.1. The van der Waals surface area contributed by atoms with Gasteiger partial charge in [0.15, 0.2) is 0 Å². The summed E-state index contributed by atoms with van der Waals surface area (Å²) < 4.78 is 48.8. The number of nitrogens with zero attached hydrogens (tertiary/aromatic N) is 6. The molecule has 1 aliphatic heterocycles. The minimum Gasteiger partial charge on any atom is -0.444 e. The second-order valence-corrected chi connectivity index (χ2v) is 18.4. The van der Waals surface area contributed by atoms with Gasteiger partial charge in [0, 0.05) is 31.7 Å². The van der Waals surface area contributed by atoms with Gasteiger partial charge in [-0.2, -0.15) is 22.7 Å². The summed E-state index contributed by atoms with van der Waals surface area (Å²) >= 11 is 3.22. The molecular weight excluding hydrogens is 687 g/mol. The van der Waals surface area contributed by atoms with E-state index in [9.17, 15) is 27.6 Å². The standard InChI is InChI=1S/C30H37BrF3N7O4Si/c1-8-22-24(38-12-14-39(15-13-38)28(44)45-29(2,3)4)25(43)41-27(36-26(31)37-41)40(22)18-23(42)35-21-10-9-20(30(32,33)34)17-19(21)11-16-46(5,6)7/h9-10,17H,8,12-15,18H2,1-7H3,(H,35,42). The molecule has 2 aromatic heterocycles. The normalized spacial score (nSPS) is 14.2. The van der Waals surface area contributed by atoms with Crippen molar-refractivity contribution in [2.45, 2.75) is 72.1 Å². The zero-order valence-corrected chi connectivity index (χ0v) is 29.4. The van der Waals surface area contributed by atoms with Crippen molar-refractivity contribution >= 4 is 53.2 Å². The first kappa shape index (κ1) is 35.0. The van der Waals surface area contributed by atoms with Gasteiger partial charge in [-0.1, -0.05) is 32.5 Å². The van der Waals surface area contributed by atoms with E-state index in [4.69, 9.17) is 4.74 Å². The number of carbonyl (C=O) groups is 2. The van der Waals surface area contributed by atoms with E-state index in [2.05, 4.69) is 42.8 Å². The molecule has 3 aromatic rings. The minimum atomic E-state index is -4.58. The monoisotopic (exact) mass is 723 g/mol. The number of nitrogens with one attached hydrogen (secondary N) is 1. The molecule has 0 unspecified atom stereocenters. The Hall–Kier alpha value is -3.84. The summed E-state index contributed by atoms with van der Waals surface area (Å²) in [5.74, 6) is 2.40. The first-order chi connectivity index (χ1) is 21.3. The third kappa shape index (κ3) is 8.29. The zero-order valence-electron chi connectivity index (χ0n) is 26.8. The van der Waals surface area contributed by atoms with Crippen molar-refractivity contribution in [3.8, 4) is 11.5 Å². The van der Waals surface area contributed by atoms with Crippen molar-refractivity contribution in [2.24, 2.45) is 0 Å². The Bertz CT molecular complexity index is 1770. The van der Waals surface area contributed by atoms with Gasteiger partial charge in [-0.05, 0) is 61.3 Å². The van der Waals surface area contributed by atoms with Crippen LogP contribution in [0.25, 0.3) is 5.78 Å². The average Bonchev–Trinajstić information content (AvgIpc) is 3.34. The highest BCUT2D eigenvalue weighted by Gasteiger charge is 2.32. The van der Waals surface area contributed by atoms with Crippen molar-refractivity contribution in [1.82, 2.24) is 24.1 Å². The van der Waals surface area contributed by atoms with Gasteiger partial charge >= 0.3 is 12.3 Å². The number of carbonyl (C=O) groups excluding carboxylic acids is 2. The number of alkyl halides is 3. The molecule has 11 nitrogen and oxygen atoms in total. The largest absolute Gasteiger partial charge is 0.444 e. The summed E-state index contributed by atoms with van der Waals surface area (Å²) in [6, 6.07) is 3.03. The van der Waals surface area contributed by atoms with Gasteiger partial charge in [0.2, 0.25) is 16.4 Å². The zero-order chi connectivity index (χ0) is 34.2. The fourth-order valence-electron chi connectivity index (χ4n) is 4.87. The summed E-state index contributed by atoms with van der Waals surface area (Å²) in [6.45, 7) is 14.1. The molecule has 0 aliphatic carbocycles. The van der Waals surface area contributed by atoms with Crippen LogP contribution in [-0.2, 0) is 28.7 Å². The van der Waals surface area contributed by atoms with E-state index in [0.717, 1.165) is 16.6 Å². The van der Waals surface area contributed by atoms with Crippen LogP contribution in [0.4, 0.5) is 29.3 Å². The summed E-state index contributed by atoms with van der Waals surface area (Å²) in [7, 11) is -1.96. The van der Waals surface area contributed by atoms with E-state index in [1.165, 1.54) is 6.07 Å². The maximum atomic E-state index is 13.7. The van der Waals surface area contributed by atoms with E-state index in [1.807, 2.05) is 31.5 Å². The van der Waals surface area contributed by atoms with E-state index < -0.39 is 43.0 Å². The van der Waals surface area contributed by atoms with E-state index in [1.54, 1.807) is 30.2 Å². The number of piperazine rings is 1. The van der Waals surface area contributed by atoms with Crippen molar-refractivity contribution in [3.63, 3.8) is 0 Å². The van der Waals surface area contributed by atoms with Crippen molar-refractivity contribution in [3.05, 3.63) is 50.1 Å². The predicted molar refractivity (Wildman–Crippen MR) is 175 cm³/mol. The van der Waals surface area contributed by atoms with Crippen LogP contribution in [0, 0.1) is 11.5 Å². The van der Waals surface area contributed by atoms with Gasteiger partial charge in [-0.15, -0.1) is 10.6 Å². The highest BCUT2D eigenvalue weighted by atomic mass is 79.9. The van der Waals surface area contributed by atoms with Crippen molar-refractivity contribution < 1.29 is 27.5 Å². The molecule has 1 aromatic carbocycles. The van der Waals surface area contributed by atoms with Gasteiger partial charge in [-0.3, -0.25) is 9.59 Å². The maximum absolute atomic E-state index is 13.7. The van der Waals surface area contributed by atoms with Crippen LogP contribution in [0.5, 0.6) is 0 Å². The molecule has 0 radical (unpaired) electrons. The molecule has 0 spiro atoms. The molecule has 16 heteroatoms. The van der Waals surface area contributed by atoms with Gasteiger partial charge in [-0.25, -0.2) is 4.79 Å². The third-order valence-electron chi connectivity index (χ3n) is 6.88. The lowest BCUT2D eigenvalue weighted by Gasteiger charge is -2.37. The number of benzene rings is 1. The molecule has 4 rings (SSSR count). The number of halogens is 4. The van der Waals surface area contributed by atoms with Crippen LogP contribution in [0.15, 0.2) is 27.7 Å². The second-order valence-electron chi connectivity index (χ2n) is 12.9. The number of rotatable bonds is 5. The van der Waals surface area contributed by atoms with E-state index >= 15 is 0 Å². The molecule has 1 fully saturated rings. The predicted octanol–water partition coefficient (Wildman–Crippen LogP) is 5.16. The molecule has 2 amide bonds. The number of ether oxygens (including phenoxy) is 1. The number of anilines is 2. The molecule has 0 atom stereocenters. The highest BCUT2D eigenvalue weighted by Crippen LogP contribution is 2.32. The van der Waals surface area contributed by atoms with Crippen LogP contribution in [-0.4, -0.2) is 75.9 Å². The van der Waals surface area contributed by atoms with Crippen molar-refractivity contribution in [1.29, 1.82) is 0 Å². The average molecular weight is 725 g/mol. The Morgan fingerprint density at radius 3 is 2.33 bits per heavy atom. The fourth-order valence-corrected chi connectivity index (χ4v) is 5.69. The Balaban J connectivity index is 1.69. The summed E-state index contributed by atoms with van der Waals surface area (Å²) in [5.41, 5.74) is 2.15. The molecule has 3 heterocycles. The highest BCUT2D eigenvalue weighted by molar-refractivity contribution is 9.10. The summed E-state index contributed by atoms with van der Waals surface area (Å²) in [6.07, 6.45) is -4.67. The Morgan fingerprint density at radius 1 is 1.11 bits per heavy atom. The van der Waals surface area contributed by atoms with Gasteiger partial charge in [0.25, 0.3) is 5.56 Å². The Kier molecular flexibility index (Phi) is 9.98. The van der Waals surface area contributed by atoms with Crippen LogP contribution in [0.3, 0.4) is 0 Å². The van der Waals surface area contributed by atoms with Crippen LogP contribution < -0.4 is 15.8 Å². The topological polar surface area (TPSA) is 114 Å². The third-order valence-corrected chi connectivity index (χ3v) is 8.09.